The third kappa shape index (κ3) is 4.32. The molecule has 3 nitrogen and oxygen atoms in total. The first kappa shape index (κ1) is 14.5. The molecule has 1 aliphatic rings. The Bertz CT molecular complexity index is 430. The Hall–Kier alpha value is -0.870. The van der Waals surface area contributed by atoms with E-state index in [0.717, 1.165) is 29.7 Å². The smallest absolute Gasteiger partial charge is 0.226 e. The largest absolute Gasteiger partial charge is 0.345 e. The monoisotopic (exact) mass is 324 g/mol. The van der Waals surface area contributed by atoms with Crippen molar-refractivity contribution in [3.63, 3.8) is 0 Å². The van der Waals surface area contributed by atoms with Crippen LogP contribution in [0.1, 0.15) is 18.4 Å². The number of nitrogens with one attached hydrogen (secondary N) is 1. The third-order valence-electron chi connectivity index (χ3n) is 3.66. The Labute approximate surface area is 123 Å². The molecule has 104 valence electrons. The summed E-state index contributed by atoms with van der Waals surface area (Å²) in [5, 5.41) is 3.39. The number of carbonyl (C=O) groups is 1. The summed E-state index contributed by atoms with van der Waals surface area (Å²) in [5.41, 5.74) is 1.06. The number of hydrogen-bond acceptors (Lipinski definition) is 2. The SMILES string of the molecule is CN(CC1CCCNC1)C(=O)Cc1ccccc1Br. The molecule has 2 rings (SSSR count). The zero-order valence-electron chi connectivity index (χ0n) is 11.4. The number of amides is 1. The molecule has 0 radical (unpaired) electrons. The van der Waals surface area contributed by atoms with Crippen molar-refractivity contribution in [1.82, 2.24) is 10.2 Å². The number of hydrogen-bond donors (Lipinski definition) is 1. The third-order valence-corrected chi connectivity index (χ3v) is 4.43. The van der Waals surface area contributed by atoms with E-state index in [4.69, 9.17) is 0 Å². The lowest BCUT2D eigenvalue weighted by Gasteiger charge is -2.27. The number of benzene rings is 1. The van der Waals surface area contributed by atoms with E-state index >= 15 is 0 Å². The molecule has 1 atom stereocenters. The maximum atomic E-state index is 12.2. The van der Waals surface area contributed by atoms with Gasteiger partial charge in [-0.25, -0.2) is 0 Å². The quantitative estimate of drug-likeness (QED) is 0.922. The summed E-state index contributed by atoms with van der Waals surface area (Å²) < 4.78 is 1.01. The van der Waals surface area contributed by atoms with Crippen LogP contribution in [0.25, 0.3) is 0 Å². The molecule has 19 heavy (non-hydrogen) atoms. The first-order valence-corrected chi connectivity index (χ1v) is 7.64. The number of piperidine rings is 1. The van der Waals surface area contributed by atoms with E-state index in [1.165, 1.54) is 12.8 Å². The van der Waals surface area contributed by atoms with E-state index in [1.807, 2.05) is 36.2 Å². The van der Waals surface area contributed by atoms with Gasteiger partial charge >= 0.3 is 0 Å². The minimum atomic E-state index is 0.192. The van der Waals surface area contributed by atoms with Crippen molar-refractivity contribution in [2.24, 2.45) is 5.92 Å². The molecule has 0 aliphatic carbocycles. The molecule has 1 aromatic carbocycles. The van der Waals surface area contributed by atoms with Crippen LogP contribution in [-0.4, -0.2) is 37.5 Å². The van der Waals surface area contributed by atoms with Gasteiger partial charge in [0.25, 0.3) is 0 Å². The van der Waals surface area contributed by atoms with Crippen LogP contribution in [0.4, 0.5) is 0 Å². The van der Waals surface area contributed by atoms with E-state index in [1.54, 1.807) is 0 Å². The number of carbonyl (C=O) groups excluding carboxylic acids is 1. The van der Waals surface area contributed by atoms with Crippen LogP contribution < -0.4 is 5.32 Å². The molecular formula is C15H21BrN2O. The van der Waals surface area contributed by atoms with Gasteiger partial charge in [0.1, 0.15) is 0 Å². The fourth-order valence-electron chi connectivity index (χ4n) is 2.51. The van der Waals surface area contributed by atoms with Crippen LogP contribution in [0.5, 0.6) is 0 Å². The van der Waals surface area contributed by atoms with Crippen molar-refractivity contribution in [3.8, 4) is 0 Å². The highest BCUT2D eigenvalue weighted by atomic mass is 79.9. The van der Waals surface area contributed by atoms with Gasteiger partial charge in [0.15, 0.2) is 0 Å². The molecule has 1 aromatic rings. The molecule has 0 saturated carbocycles. The minimum Gasteiger partial charge on any atom is -0.345 e. The van der Waals surface area contributed by atoms with Crippen LogP contribution in [0, 0.1) is 5.92 Å². The van der Waals surface area contributed by atoms with Crippen molar-refractivity contribution < 1.29 is 4.79 Å². The second-order valence-electron chi connectivity index (χ2n) is 5.25. The standard InChI is InChI=1S/C15H21BrN2O/c1-18(11-12-5-4-8-17-10-12)15(19)9-13-6-2-3-7-14(13)16/h2-3,6-7,12,17H,4-5,8-11H2,1H3. The maximum absolute atomic E-state index is 12.2. The van der Waals surface area contributed by atoms with Gasteiger partial charge in [-0.2, -0.15) is 0 Å². The highest BCUT2D eigenvalue weighted by Gasteiger charge is 2.18. The van der Waals surface area contributed by atoms with E-state index in [-0.39, 0.29) is 5.91 Å². The summed E-state index contributed by atoms with van der Waals surface area (Å²) in [5.74, 6) is 0.791. The molecule has 1 amide bonds. The lowest BCUT2D eigenvalue weighted by atomic mass is 9.99. The van der Waals surface area contributed by atoms with E-state index in [2.05, 4.69) is 21.2 Å². The first-order chi connectivity index (χ1) is 9.16. The molecule has 1 unspecified atom stereocenters. The Morgan fingerprint density at radius 3 is 2.95 bits per heavy atom. The van der Waals surface area contributed by atoms with Crippen LogP contribution >= 0.6 is 15.9 Å². The first-order valence-electron chi connectivity index (χ1n) is 6.85. The minimum absolute atomic E-state index is 0.192. The Morgan fingerprint density at radius 2 is 2.26 bits per heavy atom. The van der Waals surface area contributed by atoms with Gasteiger partial charge in [0.2, 0.25) is 5.91 Å². The van der Waals surface area contributed by atoms with Crippen LogP contribution in [0.2, 0.25) is 0 Å². The molecule has 1 N–H and O–H groups in total. The summed E-state index contributed by atoms with van der Waals surface area (Å²) in [6, 6.07) is 7.92. The Kier molecular flexibility index (Phi) is 5.40. The number of likely N-dealkylation sites (N-methyl/N-ethyl adjacent to an activating group) is 1. The van der Waals surface area contributed by atoms with Crippen molar-refractivity contribution >= 4 is 21.8 Å². The molecule has 0 spiro atoms. The summed E-state index contributed by atoms with van der Waals surface area (Å²) in [4.78, 5) is 14.1. The van der Waals surface area contributed by atoms with Crippen molar-refractivity contribution in [2.75, 3.05) is 26.7 Å². The van der Waals surface area contributed by atoms with E-state index in [0.29, 0.717) is 12.3 Å². The van der Waals surface area contributed by atoms with Gasteiger partial charge in [-0.15, -0.1) is 0 Å². The summed E-state index contributed by atoms with van der Waals surface area (Å²) in [6.45, 7) is 3.01. The topological polar surface area (TPSA) is 32.3 Å². The van der Waals surface area contributed by atoms with Crippen molar-refractivity contribution in [3.05, 3.63) is 34.3 Å². The summed E-state index contributed by atoms with van der Waals surface area (Å²) in [6.07, 6.45) is 2.91. The molecule has 4 heteroatoms. The number of halogens is 1. The summed E-state index contributed by atoms with van der Waals surface area (Å²) >= 11 is 3.49. The number of rotatable bonds is 4. The van der Waals surface area contributed by atoms with Crippen LogP contribution in [0.3, 0.4) is 0 Å². The maximum Gasteiger partial charge on any atom is 0.226 e. The van der Waals surface area contributed by atoms with Gasteiger partial charge < -0.3 is 10.2 Å². The predicted molar refractivity (Wildman–Crippen MR) is 81.1 cm³/mol. The van der Waals surface area contributed by atoms with Gasteiger partial charge in [0, 0.05) is 18.1 Å². The molecule has 0 bridgehead atoms. The van der Waals surface area contributed by atoms with Crippen LogP contribution in [0.15, 0.2) is 28.7 Å². The molecular weight excluding hydrogens is 304 g/mol. The predicted octanol–water partition coefficient (Wildman–Crippen LogP) is 2.45. The Balaban J connectivity index is 1.87. The van der Waals surface area contributed by atoms with Gasteiger partial charge in [-0.05, 0) is 43.5 Å². The fourth-order valence-corrected chi connectivity index (χ4v) is 2.93. The van der Waals surface area contributed by atoms with Crippen molar-refractivity contribution in [2.45, 2.75) is 19.3 Å². The Morgan fingerprint density at radius 1 is 1.47 bits per heavy atom. The molecule has 0 aromatic heterocycles. The highest BCUT2D eigenvalue weighted by Crippen LogP contribution is 2.17. The molecule has 1 heterocycles. The number of nitrogens with zero attached hydrogens (tertiary/aromatic N) is 1. The van der Waals surface area contributed by atoms with Crippen LogP contribution in [-0.2, 0) is 11.2 Å². The highest BCUT2D eigenvalue weighted by molar-refractivity contribution is 9.10. The second-order valence-corrected chi connectivity index (χ2v) is 6.11. The average Bonchev–Trinajstić information content (AvgIpc) is 2.42. The van der Waals surface area contributed by atoms with Gasteiger partial charge in [-0.3, -0.25) is 4.79 Å². The van der Waals surface area contributed by atoms with Gasteiger partial charge in [-0.1, -0.05) is 34.1 Å². The van der Waals surface area contributed by atoms with E-state index < -0.39 is 0 Å². The van der Waals surface area contributed by atoms with Crippen molar-refractivity contribution in [1.29, 1.82) is 0 Å². The summed E-state index contributed by atoms with van der Waals surface area (Å²) in [7, 11) is 1.91. The normalized spacial score (nSPS) is 19.2. The second kappa shape index (κ2) is 7.06. The lowest BCUT2D eigenvalue weighted by molar-refractivity contribution is -0.129. The van der Waals surface area contributed by atoms with E-state index in [9.17, 15) is 4.79 Å². The molecule has 1 saturated heterocycles. The zero-order chi connectivity index (χ0) is 13.7. The zero-order valence-corrected chi connectivity index (χ0v) is 12.9. The fraction of sp³-hybridized carbons (Fsp3) is 0.533. The average molecular weight is 325 g/mol. The molecule has 1 fully saturated rings. The lowest BCUT2D eigenvalue weighted by Crippen LogP contribution is -2.39. The molecule has 1 aliphatic heterocycles. The van der Waals surface area contributed by atoms with Gasteiger partial charge in [0.05, 0.1) is 6.42 Å².